The van der Waals surface area contributed by atoms with Gasteiger partial charge in [0.05, 0.1) is 6.54 Å². The van der Waals surface area contributed by atoms with E-state index in [2.05, 4.69) is 0 Å². The first-order valence-electron chi connectivity index (χ1n) is 6.40. The lowest BCUT2D eigenvalue weighted by Gasteiger charge is -2.20. The summed E-state index contributed by atoms with van der Waals surface area (Å²) >= 11 is 1.49. The molecule has 5 heteroatoms. The van der Waals surface area contributed by atoms with Gasteiger partial charge in [0.1, 0.15) is 18.4 Å². The Hall–Kier alpha value is -1.85. The summed E-state index contributed by atoms with van der Waals surface area (Å²) in [5.41, 5.74) is 5.95. The maximum atomic E-state index is 12.1. The number of ether oxygens (including phenoxy) is 1. The van der Waals surface area contributed by atoms with Crippen LogP contribution in [0.5, 0.6) is 5.75 Å². The fraction of sp³-hybridized carbons (Fsp3) is 0.267. The van der Waals surface area contributed by atoms with Crippen molar-refractivity contribution < 1.29 is 9.53 Å². The summed E-state index contributed by atoms with van der Waals surface area (Å²) in [6, 6.07) is 12.7. The number of thiophene rings is 1. The van der Waals surface area contributed by atoms with E-state index in [0.717, 1.165) is 10.6 Å². The summed E-state index contributed by atoms with van der Waals surface area (Å²) in [7, 11) is 1.74. The predicted octanol–water partition coefficient (Wildman–Crippen LogP) is 2.29. The minimum absolute atomic E-state index is 0.0934. The van der Waals surface area contributed by atoms with Crippen LogP contribution in [0.1, 0.15) is 10.9 Å². The number of hydrogen-bond donors (Lipinski definition) is 1. The SMILES string of the molecule is CN(CCOc1ccccc1)C(=O)C(N)c1cccs1. The van der Waals surface area contributed by atoms with E-state index in [1.807, 2.05) is 47.8 Å². The molecule has 2 N–H and O–H groups in total. The van der Waals surface area contributed by atoms with Crippen LogP contribution in [0.2, 0.25) is 0 Å². The van der Waals surface area contributed by atoms with Gasteiger partial charge >= 0.3 is 0 Å². The van der Waals surface area contributed by atoms with Gasteiger partial charge in [-0.15, -0.1) is 11.3 Å². The zero-order valence-electron chi connectivity index (χ0n) is 11.4. The maximum absolute atomic E-state index is 12.1. The molecule has 0 aliphatic heterocycles. The predicted molar refractivity (Wildman–Crippen MR) is 80.8 cm³/mol. The smallest absolute Gasteiger partial charge is 0.244 e. The summed E-state index contributed by atoms with van der Waals surface area (Å²) in [6.07, 6.45) is 0. The number of carbonyl (C=O) groups excluding carboxylic acids is 1. The molecule has 2 aromatic rings. The van der Waals surface area contributed by atoms with Crippen molar-refractivity contribution in [3.8, 4) is 5.75 Å². The van der Waals surface area contributed by atoms with Crippen LogP contribution >= 0.6 is 11.3 Å². The molecule has 0 aliphatic carbocycles. The van der Waals surface area contributed by atoms with Crippen molar-refractivity contribution in [3.05, 3.63) is 52.7 Å². The van der Waals surface area contributed by atoms with Crippen LogP contribution in [-0.2, 0) is 4.79 Å². The van der Waals surface area contributed by atoms with Gasteiger partial charge in [0.25, 0.3) is 0 Å². The van der Waals surface area contributed by atoms with Crippen LogP contribution in [0.15, 0.2) is 47.8 Å². The second-order valence-corrected chi connectivity index (χ2v) is 5.39. The zero-order chi connectivity index (χ0) is 14.4. The lowest BCUT2D eigenvalue weighted by atomic mass is 10.2. The number of carbonyl (C=O) groups is 1. The molecule has 0 saturated heterocycles. The van der Waals surface area contributed by atoms with Gasteiger partial charge in [-0.05, 0) is 23.6 Å². The molecule has 0 aliphatic rings. The van der Waals surface area contributed by atoms with Crippen molar-refractivity contribution in [2.45, 2.75) is 6.04 Å². The van der Waals surface area contributed by atoms with E-state index in [1.54, 1.807) is 11.9 Å². The molecule has 1 aromatic heterocycles. The highest BCUT2D eigenvalue weighted by molar-refractivity contribution is 7.10. The minimum Gasteiger partial charge on any atom is -0.492 e. The Kier molecular flexibility index (Phi) is 5.15. The first-order valence-corrected chi connectivity index (χ1v) is 7.28. The highest BCUT2D eigenvalue weighted by Gasteiger charge is 2.20. The number of para-hydroxylation sites is 1. The normalized spacial score (nSPS) is 11.9. The molecule has 1 amide bonds. The van der Waals surface area contributed by atoms with E-state index >= 15 is 0 Å². The van der Waals surface area contributed by atoms with E-state index in [0.29, 0.717) is 13.2 Å². The monoisotopic (exact) mass is 290 g/mol. The topological polar surface area (TPSA) is 55.6 Å². The minimum atomic E-state index is -0.586. The second kappa shape index (κ2) is 7.07. The van der Waals surface area contributed by atoms with E-state index in [4.69, 9.17) is 10.5 Å². The molecule has 0 bridgehead atoms. The lowest BCUT2D eigenvalue weighted by Crippen LogP contribution is -2.37. The third kappa shape index (κ3) is 3.82. The summed E-state index contributed by atoms with van der Waals surface area (Å²) in [5, 5.41) is 1.92. The summed E-state index contributed by atoms with van der Waals surface area (Å²) in [5.74, 6) is 0.708. The van der Waals surface area contributed by atoms with E-state index in [9.17, 15) is 4.79 Å². The van der Waals surface area contributed by atoms with Gasteiger partial charge in [-0.2, -0.15) is 0 Å². The number of amides is 1. The van der Waals surface area contributed by atoms with Crippen LogP contribution in [0.3, 0.4) is 0 Å². The highest BCUT2D eigenvalue weighted by Crippen LogP contribution is 2.18. The van der Waals surface area contributed by atoms with Gasteiger partial charge in [-0.3, -0.25) is 4.79 Å². The van der Waals surface area contributed by atoms with Gasteiger partial charge < -0.3 is 15.4 Å². The largest absolute Gasteiger partial charge is 0.492 e. The van der Waals surface area contributed by atoms with Gasteiger partial charge in [0, 0.05) is 11.9 Å². The fourth-order valence-electron chi connectivity index (χ4n) is 1.75. The van der Waals surface area contributed by atoms with E-state index < -0.39 is 6.04 Å². The Morgan fingerprint density at radius 1 is 1.30 bits per heavy atom. The molecule has 1 atom stereocenters. The van der Waals surface area contributed by atoms with Crippen LogP contribution in [-0.4, -0.2) is 31.0 Å². The number of benzene rings is 1. The van der Waals surface area contributed by atoms with E-state index in [-0.39, 0.29) is 5.91 Å². The van der Waals surface area contributed by atoms with Gasteiger partial charge in [-0.1, -0.05) is 24.3 Å². The molecule has 4 nitrogen and oxygen atoms in total. The summed E-state index contributed by atoms with van der Waals surface area (Å²) < 4.78 is 5.57. The van der Waals surface area contributed by atoms with Gasteiger partial charge in [0.15, 0.2) is 0 Å². The van der Waals surface area contributed by atoms with Gasteiger partial charge in [-0.25, -0.2) is 0 Å². The van der Waals surface area contributed by atoms with Gasteiger partial charge in [0.2, 0.25) is 5.91 Å². The number of hydrogen-bond acceptors (Lipinski definition) is 4. The van der Waals surface area contributed by atoms with Crippen LogP contribution in [0.4, 0.5) is 0 Å². The Bertz CT molecular complexity index is 528. The van der Waals surface area contributed by atoms with Crippen LogP contribution in [0.25, 0.3) is 0 Å². The van der Waals surface area contributed by atoms with Crippen molar-refractivity contribution in [3.63, 3.8) is 0 Å². The molecule has 1 heterocycles. The number of likely N-dealkylation sites (N-methyl/N-ethyl adjacent to an activating group) is 1. The fourth-order valence-corrected chi connectivity index (χ4v) is 2.47. The molecule has 0 radical (unpaired) electrons. The molecule has 0 fully saturated rings. The molecule has 20 heavy (non-hydrogen) atoms. The number of nitrogens with two attached hydrogens (primary N) is 1. The maximum Gasteiger partial charge on any atom is 0.244 e. The zero-order valence-corrected chi connectivity index (χ0v) is 12.2. The molecular weight excluding hydrogens is 272 g/mol. The summed E-state index contributed by atoms with van der Waals surface area (Å²) in [6.45, 7) is 0.955. The third-order valence-electron chi connectivity index (χ3n) is 2.93. The van der Waals surface area contributed by atoms with Crippen molar-refractivity contribution in [2.75, 3.05) is 20.2 Å². The average molecular weight is 290 g/mol. The van der Waals surface area contributed by atoms with Crippen LogP contribution in [0, 0.1) is 0 Å². The quantitative estimate of drug-likeness (QED) is 0.888. The molecule has 106 valence electrons. The van der Waals surface area contributed by atoms with Crippen molar-refractivity contribution in [1.29, 1.82) is 0 Å². The molecule has 1 unspecified atom stereocenters. The standard InChI is InChI=1S/C15H18N2O2S/c1-17(9-10-19-12-6-3-2-4-7-12)15(18)14(16)13-8-5-11-20-13/h2-8,11,14H,9-10,16H2,1H3. The van der Waals surface area contributed by atoms with Crippen LogP contribution < -0.4 is 10.5 Å². The first kappa shape index (κ1) is 14.6. The highest BCUT2D eigenvalue weighted by atomic mass is 32.1. The average Bonchev–Trinajstić information content (AvgIpc) is 3.01. The molecule has 2 rings (SSSR count). The van der Waals surface area contributed by atoms with Crippen molar-refractivity contribution in [1.82, 2.24) is 4.90 Å². The first-order chi connectivity index (χ1) is 9.68. The molecular formula is C15H18N2O2S. The Morgan fingerprint density at radius 2 is 2.05 bits per heavy atom. The number of nitrogens with zero attached hydrogens (tertiary/aromatic N) is 1. The third-order valence-corrected chi connectivity index (χ3v) is 3.89. The summed E-state index contributed by atoms with van der Waals surface area (Å²) in [4.78, 5) is 14.6. The Morgan fingerprint density at radius 3 is 2.70 bits per heavy atom. The molecule has 0 saturated carbocycles. The molecule has 1 aromatic carbocycles. The van der Waals surface area contributed by atoms with E-state index in [1.165, 1.54) is 11.3 Å². The molecule has 0 spiro atoms. The van der Waals surface area contributed by atoms with Crippen molar-refractivity contribution in [2.24, 2.45) is 5.73 Å². The lowest BCUT2D eigenvalue weighted by molar-refractivity contribution is -0.131. The Balaban J connectivity index is 1.79. The number of rotatable bonds is 6. The van der Waals surface area contributed by atoms with Crippen molar-refractivity contribution >= 4 is 17.2 Å². The second-order valence-electron chi connectivity index (χ2n) is 4.41. The Labute approximate surface area is 122 Å².